The molecule has 0 aliphatic carbocycles. The quantitative estimate of drug-likeness (QED) is 0.709. The number of nitrogens with zero attached hydrogens (tertiary/aromatic N) is 3. The van der Waals surface area contributed by atoms with Crippen molar-refractivity contribution in [3.05, 3.63) is 51.5 Å². The number of amides is 1. The molecule has 2 aliphatic heterocycles. The molecule has 1 spiro atoms. The van der Waals surface area contributed by atoms with E-state index >= 15 is 0 Å². The van der Waals surface area contributed by atoms with Crippen molar-refractivity contribution in [1.82, 2.24) is 14.8 Å². The van der Waals surface area contributed by atoms with Gasteiger partial charge in [0.2, 0.25) is 0 Å². The van der Waals surface area contributed by atoms with Crippen LogP contribution < -0.4 is 0 Å². The average molecular weight is 462 g/mol. The van der Waals surface area contributed by atoms with E-state index in [1.54, 1.807) is 17.4 Å². The summed E-state index contributed by atoms with van der Waals surface area (Å²) in [5.41, 5.74) is 1.80. The standard InChI is InChI=1S/C24H32FN3O3S/c1-17(2)22-26-21(15-32-22)23(30)28-10-11-31-24(16-28)6-8-27(9-7-24)13-18-4-3-5-19(12-18)20(25)14-29/h3-5,12,15,17,20,29H,6-11,13-14,16H2,1-2H3. The Balaban J connectivity index is 1.35. The Kier molecular flexibility index (Phi) is 7.24. The van der Waals surface area contributed by atoms with E-state index in [0.717, 1.165) is 43.0 Å². The molecule has 1 unspecified atom stereocenters. The van der Waals surface area contributed by atoms with E-state index in [1.165, 1.54) is 0 Å². The van der Waals surface area contributed by atoms with Gasteiger partial charge in [-0.1, -0.05) is 38.1 Å². The van der Waals surface area contributed by atoms with Gasteiger partial charge in [0.05, 0.1) is 30.4 Å². The van der Waals surface area contributed by atoms with Crippen molar-refractivity contribution >= 4 is 17.2 Å². The van der Waals surface area contributed by atoms with Crippen LogP contribution in [0, 0.1) is 0 Å². The van der Waals surface area contributed by atoms with Crippen LogP contribution in [0.5, 0.6) is 0 Å². The summed E-state index contributed by atoms with van der Waals surface area (Å²) in [5, 5.41) is 11.9. The van der Waals surface area contributed by atoms with Gasteiger partial charge in [0, 0.05) is 37.5 Å². The summed E-state index contributed by atoms with van der Waals surface area (Å²) >= 11 is 1.55. The predicted octanol–water partition coefficient (Wildman–Crippen LogP) is 3.78. The molecule has 4 rings (SSSR count). The molecule has 0 radical (unpaired) electrons. The molecule has 2 saturated heterocycles. The number of halogens is 1. The summed E-state index contributed by atoms with van der Waals surface area (Å²) in [7, 11) is 0. The number of piperidine rings is 1. The Morgan fingerprint density at radius 3 is 2.78 bits per heavy atom. The minimum atomic E-state index is -1.34. The summed E-state index contributed by atoms with van der Waals surface area (Å²) in [6.07, 6.45) is 0.369. The minimum Gasteiger partial charge on any atom is -0.393 e. The first-order valence-corrected chi connectivity index (χ1v) is 12.2. The maximum absolute atomic E-state index is 13.8. The maximum atomic E-state index is 13.8. The molecule has 1 amide bonds. The molecule has 174 valence electrons. The average Bonchev–Trinajstić information content (AvgIpc) is 3.31. The second kappa shape index (κ2) is 9.95. The highest BCUT2D eigenvalue weighted by Crippen LogP contribution is 2.32. The van der Waals surface area contributed by atoms with E-state index in [0.29, 0.717) is 36.9 Å². The number of aliphatic hydroxyl groups excluding tert-OH is 1. The zero-order valence-corrected chi connectivity index (χ0v) is 19.6. The van der Waals surface area contributed by atoms with Crippen molar-refractivity contribution < 1.29 is 19.0 Å². The molecule has 8 heteroatoms. The number of ether oxygens (including phenoxy) is 1. The first kappa shape index (κ1) is 23.3. The van der Waals surface area contributed by atoms with Crippen LogP contribution in [0.3, 0.4) is 0 Å². The van der Waals surface area contributed by atoms with Crippen LogP contribution in [-0.2, 0) is 11.3 Å². The predicted molar refractivity (Wildman–Crippen MR) is 123 cm³/mol. The highest BCUT2D eigenvalue weighted by molar-refractivity contribution is 7.09. The molecular formula is C24H32FN3O3S. The molecule has 2 aromatic rings. The molecule has 0 bridgehead atoms. The maximum Gasteiger partial charge on any atom is 0.273 e. The zero-order valence-electron chi connectivity index (χ0n) is 18.8. The number of benzene rings is 1. The monoisotopic (exact) mass is 461 g/mol. The normalized spacial score (nSPS) is 20.1. The highest BCUT2D eigenvalue weighted by atomic mass is 32.1. The van der Waals surface area contributed by atoms with Gasteiger partial charge in [0.1, 0.15) is 11.9 Å². The van der Waals surface area contributed by atoms with E-state index in [1.807, 2.05) is 28.5 Å². The number of morpholine rings is 1. The van der Waals surface area contributed by atoms with Crippen LogP contribution in [-0.4, -0.2) is 70.8 Å². The Hall–Kier alpha value is -1.87. The van der Waals surface area contributed by atoms with Crippen molar-refractivity contribution in [1.29, 1.82) is 0 Å². The van der Waals surface area contributed by atoms with Gasteiger partial charge in [0.15, 0.2) is 0 Å². The van der Waals surface area contributed by atoms with E-state index in [4.69, 9.17) is 9.84 Å². The van der Waals surface area contributed by atoms with E-state index in [-0.39, 0.29) is 11.5 Å². The van der Waals surface area contributed by atoms with Crippen molar-refractivity contribution in [3.63, 3.8) is 0 Å². The molecule has 2 fully saturated rings. The van der Waals surface area contributed by atoms with Gasteiger partial charge in [0.25, 0.3) is 5.91 Å². The van der Waals surface area contributed by atoms with Crippen molar-refractivity contribution in [2.24, 2.45) is 0 Å². The lowest BCUT2D eigenvalue weighted by Crippen LogP contribution is -2.58. The second-order valence-corrected chi connectivity index (χ2v) is 10.0. The van der Waals surface area contributed by atoms with Crippen LogP contribution in [0.1, 0.15) is 65.4 Å². The van der Waals surface area contributed by atoms with Gasteiger partial charge in [-0.15, -0.1) is 11.3 Å². The molecule has 1 aromatic carbocycles. The van der Waals surface area contributed by atoms with Gasteiger partial charge >= 0.3 is 0 Å². The number of carbonyl (C=O) groups is 1. The smallest absolute Gasteiger partial charge is 0.273 e. The largest absolute Gasteiger partial charge is 0.393 e. The summed E-state index contributed by atoms with van der Waals surface area (Å²) in [4.78, 5) is 21.8. The second-order valence-electron chi connectivity index (χ2n) is 9.16. The molecule has 1 atom stereocenters. The molecule has 6 nitrogen and oxygen atoms in total. The molecular weight excluding hydrogens is 429 g/mol. The molecule has 1 aromatic heterocycles. The number of likely N-dealkylation sites (tertiary alicyclic amines) is 1. The fourth-order valence-corrected chi connectivity index (χ4v) is 5.31. The molecule has 2 aliphatic rings. The Bertz CT molecular complexity index is 927. The lowest BCUT2D eigenvalue weighted by molar-refractivity contribution is -0.128. The summed E-state index contributed by atoms with van der Waals surface area (Å²) in [5.74, 6) is 0.321. The number of aliphatic hydroxyl groups is 1. The lowest BCUT2D eigenvalue weighted by atomic mass is 9.89. The van der Waals surface area contributed by atoms with E-state index < -0.39 is 12.8 Å². The van der Waals surface area contributed by atoms with Crippen LogP contribution in [0.15, 0.2) is 29.6 Å². The highest BCUT2D eigenvalue weighted by Gasteiger charge is 2.41. The number of hydrogen-bond donors (Lipinski definition) is 1. The van der Waals surface area contributed by atoms with Gasteiger partial charge in [-0.3, -0.25) is 9.69 Å². The number of rotatable bonds is 6. The van der Waals surface area contributed by atoms with Gasteiger partial charge in [-0.25, -0.2) is 9.37 Å². The van der Waals surface area contributed by atoms with Crippen molar-refractivity contribution in [3.8, 4) is 0 Å². The summed E-state index contributed by atoms with van der Waals surface area (Å²) < 4.78 is 20.0. The molecule has 1 N–H and O–H groups in total. The van der Waals surface area contributed by atoms with Crippen molar-refractivity contribution in [2.75, 3.05) is 39.4 Å². The minimum absolute atomic E-state index is 0.000250. The number of hydrogen-bond acceptors (Lipinski definition) is 6. The molecule has 0 saturated carbocycles. The van der Waals surface area contributed by atoms with E-state index in [2.05, 4.69) is 23.7 Å². The van der Waals surface area contributed by atoms with Crippen LogP contribution in [0.2, 0.25) is 0 Å². The van der Waals surface area contributed by atoms with Crippen LogP contribution in [0.4, 0.5) is 4.39 Å². The Morgan fingerprint density at radius 2 is 2.09 bits per heavy atom. The third kappa shape index (κ3) is 5.20. The van der Waals surface area contributed by atoms with Gasteiger partial charge in [-0.2, -0.15) is 0 Å². The van der Waals surface area contributed by atoms with E-state index in [9.17, 15) is 9.18 Å². The Labute approximate surface area is 193 Å². The van der Waals surface area contributed by atoms with Gasteiger partial charge in [-0.05, 0) is 24.0 Å². The summed E-state index contributed by atoms with van der Waals surface area (Å²) in [6, 6.07) is 7.38. The number of alkyl halides is 1. The molecule has 32 heavy (non-hydrogen) atoms. The lowest BCUT2D eigenvalue weighted by Gasteiger charge is -2.47. The number of aromatic nitrogens is 1. The number of carbonyl (C=O) groups excluding carboxylic acids is 1. The SMILES string of the molecule is CC(C)c1nc(C(=O)N2CCOC3(CCN(Cc4cccc(C(F)CO)c4)CC3)C2)cs1. The third-order valence-corrected chi connectivity index (χ3v) is 7.56. The molecule has 3 heterocycles. The van der Waals surface area contributed by atoms with Crippen LogP contribution >= 0.6 is 11.3 Å². The third-order valence-electron chi connectivity index (χ3n) is 6.42. The summed E-state index contributed by atoms with van der Waals surface area (Å²) in [6.45, 7) is 7.88. The van der Waals surface area contributed by atoms with Gasteiger partial charge < -0.3 is 14.7 Å². The van der Waals surface area contributed by atoms with Crippen LogP contribution in [0.25, 0.3) is 0 Å². The first-order chi connectivity index (χ1) is 15.4. The van der Waals surface area contributed by atoms with Crippen molar-refractivity contribution in [2.45, 2.75) is 50.9 Å². The fraction of sp³-hybridized carbons (Fsp3) is 0.583. The number of thiazole rings is 1. The fourth-order valence-electron chi connectivity index (χ4n) is 4.50. The first-order valence-electron chi connectivity index (χ1n) is 11.3. The topological polar surface area (TPSA) is 65.9 Å². The Morgan fingerprint density at radius 1 is 1.31 bits per heavy atom. The zero-order chi connectivity index (χ0) is 22.7.